The Morgan fingerprint density at radius 3 is 1.04 bits per heavy atom. The number of carbonyl (C=O) groups is 3. The van der Waals surface area contributed by atoms with Crippen molar-refractivity contribution in [3.8, 4) is 0 Å². The molecule has 0 aliphatic rings. The molecule has 0 N–H and O–H groups in total. The van der Waals surface area contributed by atoms with Crippen molar-refractivity contribution >= 4 is 17.9 Å². The van der Waals surface area contributed by atoms with Crippen LogP contribution in [0.25, 0.3) is 0 Å². The van der Waals surface area contributed by atoms with E-state index in [2.05, 4.69) is 27.7 Å². The van der Waals surface area contributed by atoms with E-state index in [1.54, 1.807) is 0 Å². The molecule has 0 heterocycles. The summed E-state index contributed by atoms with van der Waals surface area (Å²) < 4.78 is 16.7. The van der Waals surface area contributed by atoms with Gasteiger partial charge in [-0.05, 0) is 25.2 Å². The van der Waals surface area contributed by atoms with Crippen LogP contribution < -0.4 is 0 Å². The molecule has 0 amide bonds. The molecule has 0 spiro atoms. The highest BCUT2D eigenvalue weighted by Gasteiger charge is 2.19. The van der Waals surface area contributed by atoms with E-state index in [0.717, 1.165) is 63.7 Å². The zero-order valence-electron chi connectivity index (χ0n) is 33.9. The second-order valence-electron chi connectivity index (χ2n) is 15.2. The minimum atomic E-state index is -0.758. The van der Waals surface area contributed by atoms with Crippen molar-refractivity contribution in [3.05, 3.63) is 0 Å². The Labute approximate surface area is 310 Å². The molecule has 6 heteroatoms. The minimum absolute atomic E-state index is 0.0647. The quantitative estimate of drug-likeness (QED) is 0.0359. The maximum Gasteiger partial charge on any atom is 0.306 e. The first-order chi connectivity index (χ1) is 24.4. The normalized spacial score (nSPS) is 12.5. The van der Waals surface area contributed by atoms with Crippen molar-refractivity contribution in [3.63, 3.8) is 0 Å². The van der Waals surface area contributed by atoms with Crippen LogP contribution in [0.3, 0.4) is 0 Å². The highest BCUT2D eigenvalue weighted by Crippen LogP contribution is 2.16. The number of hydrogen-bond donors (Lipinski definition) is 0. The predicted octanol–water partition coefficient (Wildman–Crippen LogP) is 13.6. The Morgan fingerprint density at radius 1 is 0.400 bits per heavy atom. The lowest BCUT2D eigenvalue weighted by molar-refractivity contribution is -0.167. The van der Waals surface area contributed by atoms with Gasteiger partial charge >= 0.3 is 17.9 Å². The van der Waals surface area contributed by atoms with Crippen LogP contribution >= 0.6 is 0 Å². The fraction of sp³-hybridized carbons (Fsp3) is 0.932. The Kier molecular flexibility index (Phi) is 37.4. The molecule has 0 aromatic heterocycles. The summed E-state index contributed by atoms with van der Waals surface area (Å²) in [7, 11) is 0. The maximum absolute atomic E-state index is 12.6. The SMILES string of the molecule is CCCCCCCCCCCCCCC(=O)OC[C@@H](COC(=O)CCCCCCCCC(C)CC)OC(=O)CCCCCCCCCCCC. The van der Waals surface area contributed by atoms with E-state index in [4.69, 9.17) is 14.2 Å². The highest BCUT2D eigenvalue weighted by atomic mass is 16.6. The van der Waals surface area contributed by atoms with Crippen LogP contribution in [0.1, 0.15) is 240 Å². The summed E-state index contributed by atoms with van der Waals surface area (Å²) in [6.07, 6.45) is 36.5. The second-order valence-corrected chi connectivity index (χ2v) is 15.2. The van der Waals surface area contributed by atoms with E-state index in [1.165, 1.54) is 135 Å². The summed E-state index contributed by atoms with van der Waals surface area (Å²) in [5.74, 6) is -0.0464. The molecule has 50 heavy (non-hydrogen) atoms. The van der Waals surface area contributed by atoms with Crippen LogP contribution in [-0.2, 0) is 28.6 Å². The van der Waals surface area contributed by atoms with Gasteiger partial charge in [-0.1, -0.05) is 201 Å². The first kappa shape index (κ1) is 48.4. The Bertz CT molecular complexity index is 753. The maximum atomic E-state index is 12.6. The Balaban J connectivity index is 4.34. The molecular formula is C44H84O6. The third kappa shape index (κ3) is 36.2. The van der Waals surface area contributed by atoms with Gasteiger partial charge in [-0.3, -0.25) is 14.4 Å². The summed E-state index contributed by atoms with van der Waals surface area (Å²) in [5, 5.41) is 0. The van der Waals surface area contributed by atoms with Crippen LogP contribution in [0.5, 0.6) is 0 Å². The van der Waals surface area contributed by atoms with E-state index in [0.29, 0.717) is 19.3 Å². The molecule has 0 fully saturated rings. The average molecular weight is 709 g/mol. The highest BCUT2D eigenvalue weighted by molar-refractivity contribution is 5.71. The molecule has 0 saturated heterocycles. The lowest BCUT2D eigenvalue weighted by Crippen LogP contribution is -2.30. The zero-order chi connectivity index (χ0) is 36.8. The monoisotopic (exact) mass is 709 g/mol. The molecule has 0 rings (SSSR count). The Morgan fingerprint density at radius 2 is 0.700 bits per heavy atom. The van der Waals surface area contributed by atoms with Crippen molar-refractivity contribution in [2.75, 3.05) is 13.2 Å². The van der Waals surface area contributed by atoms with E-state index < -0.39 is 6.10 Å². The summed E-state index contributed by atoms with van der Waals surface area (Å²) in [6.45, 7) is 8.94. The van der Waals surface area contributed by atoms with E-state index in [1.807, 2.05) is 0 Å². The van der Waals surface area contributed by atoms with Crippen molar-refractivity contribution in [2.24, 2.45) is 5.92 Å². The summed E-state index contributed by atoms with van der Waals surface area (Å²) in [5.41, 5.74) is 0. The summed E-state index contributed by atoms with van der Waals surface area (Å²) >= 11 is 0. The number of rotatable bonds is 39. The van der Waals surface area contributed by atoms with Crippen molar-refractivity contribution in [1.82, 2.24) is 0 Å². The van der Waals surface area contributed by atoms with Gasteiger partial charge in [0.2, 0.25) is 0 Å². The van der Waals surface area contributed by atoms with Gasteiger partial charge in [-0.2, -0.15) is 0 Å². The van der Waals surface area contributed by atoms with Crippen molar-refractivity contribution in [1.29, 1.82) is 0 Å². The van der Waals surface area contributed by atoms with Gasteiger partial charge in [0.1, 0.15) is 13.2 Å². The van der Waals surface area contributed by atoms with Gasteiger partial charge in [-0.15, -0.1) is 0 Å². The molecule has 2 atom stereocenters. The van der Waals surface area contributed by atoms with Crippen LogP contribution in [0.4, 0.5) is 0 Å². The van der Waals surface area contributed by atoms with Crippen LogP contribution in [0.15, 0.2) is 0 Å². The standard InChI is InChI=1S/C44H84O6/c1-5-8-10-12-14-16-18-19-21-22-27-31-35-42(45)48-38-41(50-44(47)37-33-29-23-20-17-15-13-11-9-6-2)39-49-43(46)36-32-28-25-24-26-30-34-40(4)7-3/h40-41H,5-39H2,1-4H3/t40?,41-/m0/s1. The van der Waals surface area contributed by atoms with E-state index in [-0.39, 0.29) is 31.1 Å². The van der Waals surface area contributed by atoms with Gasteiger partial charge in [-0.25, -0.2) is 0 Å². The third-order valence-corrected chi connectivity index (χ3v) is 10.2. The predicted molar refractivity (Wildman–Crippen MR) is 210 cm³/mol. The molecule has 0 aliphatic carbocycles. The largest absolute Gasteiger partial charge is 0.462 e. The lowest BCUT2D eigenvalue weighted by Gasteiger charge is -2.18. The third-order valence-electron chi connectivity index (χ3n) is 10.2. The average Bonchev–Trinajstić information content (AvgIpc) is 3.11. The number of carbonyl (C=O) groups excluding carboxylic acids is 3. The first-order valence-corrected chi connectivity index (χ1v) is 21.9. The molecule has 296 valence electrons. The summed E-state index contributed by atoms with van der Waals surface area (Å²) in [4.78, 5) is 37.6. The van der Waals surface area contributed by atoms with E-state index in [9.17, 15) is 14.4 Å². The molecule has 0 aliphatic heterocycles. The molecular weight excluding hydrogens is 624 g/mol. The topological polar surface area (TPSA) is 78.9 Å². The van der Waals surface area contributed by atoms with Gasteiger partial charge in [0.25, 0.3) is 0 Å². The van der Waals surface area contributed by atoms with Crippen LogP contribution in [0.2, 0.25) is 0 Å². The number of hydrogen-bond acceptors (Lipinski definition) is 6. The molecule has 1 unspecified atom stereocenters. The number of esters is 3. The van der Waals surface area contributed by atoms with Crippen molar-refractivity contribution in [2.45, 2.75) is 246 Å². The lowest BCUT2D eigenvalue weighted by atomic mass is 10.00. The molecule has 6 nitrogen and oxygen atoms in total. The van der Waals surface area contributed by atoms with Gasteiger partial charge < -0.3 is 14.2 Å². The minimum Gasteiger partial charge on any atom is -0.462 e. The molecule has 0 bridgehead atoms. The zero-order valence-corrected chi connectivity index (χ0v) is 33.9. The molecule has 0 saturated carbocycles. The van der Waals surface area contributed by atoms with Gasteiger partial charge in [0, 0.05) is 19.3 Å². The summed E-state index contributed by atoms with van der Waals surface area (Å²) in [6, 6.07) is 0. The molecule has 0 aromatic rings. The Hall–Kier alpha value is -1.59. The van der Waals surface area contributed by atoms with Crippen LogP contribution in [-0.4, -0.2) is 37.2 Å². The second kappa shape index (κ2) is 38.6. The van der Waals surface area contributed by atoms with Crippen LogP contribution in [0, 0.1) is 5.92 Å². The van der Waals surface area contributed by atoms with Gasteiger partial charge in [0.15, 0.2) is 6.10 Å². The molecule has 0 radical (unpaired) electrons. The van der Waals surface area contributed by atoms with Gasteiger partial charge in [0.05, 0.1) is 0 Å². The fourth-order valence-corrected chi connectivity index (χ4v) is 6.42. The molecule has 0 aromatic carbocycles. The fourth-order valence-electron chi connectivity index (χ4n) is 6.42. The smallest absolute Gasteiger partial charge is 0.306 e. The number of unbranched alkanes of at least 4 members (excludes halogenated alkanes) is 25. The van der Waals surface area contributed by atoms with E-state index >= 15 is 0 Å². The first-order valence-electron chi connectivity index (χ1n) is 21.9. The number of ether oxygens (including phenoxy) is 3. The van der Waals surface area contributed by atoms with Crippen molar-refractivity contribution < 1.29 is 28.6 Å².